The number of aryl methyl sites for hydroxylation is 1. The van der Waals surface area contributed by atoms with Gasteiger partial charge in [0.1, 0.15) is 20.7 Å². The molecule has 30 heavy (non-hydrogen) atoms. The Labute approximate surface area is 190 Å². The van der Waals surface area contributed by atoms with Crippen LogP contribution in [0.5, 0.6) is 0 Å². The molecule has 0 spiro atoms. The third-order valence-electron chi connectivity index (χ3n) is 4.34. The van der Waals surface area contributed by atoms with Gasteiger partial charge in [-0.05, 0) is 30.5 Å². The van der Waals surface area contributed by atoms with Gasteiger partial charge in [-0.25, -0.2) is 9.97 Å². The van der Waals surface area contributed by atoms with E-state index >= 15 is 0 Å². The summed E-state index contributed by atoms with van der Waals surface area (Å²) in [7, 11) is 0. The van der Waals surface area contributed by atoms with E-state index in [2.05, 4.69) is 39.2 Å². The minimum Gasteiger partial charge on any atom is -0.240 e. The SMILES string of the molecule is Cc1nc(-c2cccs2)sc1-c1ccc(SCc2csc(-c3ccccc3)n2)nn1. The van der Waals surface area contributed by atoms with E-state index in [1.54, 1.807) is 45.8 Å². The zero-order chi connectivity index (χ0) is 20.3. The molecule has 0 unspecified atom stereocenters. The molecule has 0 fully saturated rings. The fourth-order valence-corrected chi connectivity index (χ4v) is 6.36. The number of hydrogen-bond donors (Lipinski definition) is 0. The summed E-state index contributed by atoms with van der Waals surface area (Å²) in [6.45, 7) is 2.03. The van der Waals surface area contributed by atoms with Crippen LogP contribution in [0, 0.1) is 6.92 Å². The van der Waals surface area contributed by atoms with Crippen LogP contribution < -0.4 is 0 Å². The summed E-state index contributed by atoms with van der Waals surface area (Å²) in [5.74, 6) is 0.777. The monoisotopic (exact) mass is 464 g/mol. The van der Waals surface area contributed by atoms with Crippen molar-refractivity contribution in [3.8, 4) is 31.0 Å². The van der Waals surface area contributed by atoms with Crippen molar-refractivity contribution in [2.75, 3.05) is 0 Å². The van der Waals surface area contributed by atoms with Crippen LogP contribution in [-0.4, -0.2) is 20.2 Å². The molecule has 148 valence electrons. The van der Waals surface area contributed by atoms with Crippen LogP contribution >= 0.6 is 45.8 Å². The molecule has 0 saturated heterocycles. The highest BCUT2D eigenvalue weighted by atomic mass is 32.2. The molecule has 8 heteroatoms. The standard InChI is InChI=1S/C22H16N4S4/c1-14-20(30-22(23-14)18-8-5-11-27-18)17-9-10-19(26-25-17)28-12-16-13-29-21(24-16)15-6-3-2-4-7-15/h2-11,13H,12H2,1H3. The third kappa shape index (κ3) is 4.22. The summed E-state index contributed by atoms with van der Waals surface area (Å²) in [6, 6.07) is 18.5. The highest BCUT2D eigenvalue weighted by molar-refractivity contribution is 7.98. The van der Waals surface area contributed by atoms with Gasteiger partial charge in [-0.2, -0.15) is 0 Å². The van der Waals surface area contributed by atoms with E-state index in [0.717, 1.165) is 48.3 Å². The van der Waals surface area contributed by atoms with E-state index in [1.807, 2.05) is 43.3 Å². The first-order chi connectivity index (χ1) is 14.8. The quantitative estimate of drug-likeness (QED) is 0.252. The minimum atomic E-state index is 0.777. The van der Waals surface area contributed by atoms with Gasteiger partial charge in [-0.15, -0.1) is 44.2 Å². The van der Waals surface area contributed by atoms with Crippen molar-refractivity contribution in [1.82, 2.24) is 20.2 Å². The first-order valence-electron chi connectivity index (χ1n) is 9.24. The van der Waals surface area contributed by atoms with Gasteiger partial charge < -0.3 is 0 Å². The minimum absolute atomic E-state index is 0.777. The normalized spacial score (nSPS) is 11.1. The topological polar surface area (TPSA) is 51.6 Å². The summed E-state index contributed by atoms with van der Waals surface area (Å²) in [5.41, 5.74) is 4.09. The lowest BCUT2D eigenvalue weighted by molar-refractivity contribution is 0.935. The van der Waals surface area contributed by atoms with Crippen LogP contribution in [0.25, 0.3) is 31.0 Å². The molecule has 0 aliphatic rings. The maximum Gasteiger partial charge on any atom is 0.134 e. The lowest BCUT2D eigenvalue weighted by Crippen LogP contribution is -1.90. The Morgan fingerprint density at radius 1 is 0.867 bits per heavy atom. The molecule has 0 bridgehead atoms. The van der Waals surface area contributed by atoms with Crippen molar-refractivity contribution < 1.29 is 0 Å². The molecular formula is C22H16N4S4. The third-order valence-corrected chi connectivity index (χ3v) is 8.45. The van der Waals surface area contributed by atoms with Crippen LogP contribution in [-0.2, 0) is 5.75 Å². The van der Waals surface area contributed by atoms with Gasteiger partial charge in [0.25, 0.3) is 0 Å². The van der Waals surface area contributed by atoms with E-state index in [1.165, 1.54) is 4.88 Å². The van der Waals surface area contributed by atoms with Crippen molar-refractivity contribution in [3.63, 3.8) is 0 Å². The highest BCUT2D eigenvalue weighted by Gasteiger charge is 2.14. The molecule has 4 aromatic heterocycles. The van der Waals surface area contributed by atoms with Crippen molar-refractivity contribution in [3.05, 3.63) is 76.7 Å². The Hall–Kier alpha value is -2.39. The van der Waals surface area contributed by atoms with E-state index in [9.17, 15) is 0 Å². The number of rotatable bonds is 6. The van der Waals surface area contributed by atoms with E-state index in [0.29, 0.717) is 0 Å². The number of thioether (sulfide) groups is 1. The van der Waals surface area contributed by atoms with Gasteiger partial charge in [-0.1, -0.05) is 48.2 Å². The first kappa shape index (κ1) is 19.6. The summed E-state index contributed by atoms with van der Waals surface area (Å²) in [4.78, 5) is 11.7. The van der Waals surface area contributed by atoms with Gasteiger partial charge in [-0.3, -0.25) is 0 Å². The van der Waals surface area contributed by atoms with E-state index in [4.69, 9.17) is 9.97 Å². The van der Waals surface area contributed by atoms with Crippen LogP contribution in [0.3, 0.4) is 0 Å². The number of hydrogen-bond acceptors (Lipinski definition) is 8. The fourth-order valence-electron chi connectivity index (χ4n) is 2.89. The highest BCUT2D eigenvalue weighted by Crippen LogP contribution is 2.36. The molecule has 0 amide bonds. The van der Waals surface area contributed by atoms with Gasteiger partial charge in [0.05, 0.1) is 21.1 Å². The van der Waals surface area contributed by atoms with Crippen molar-refractivity contribution in [1.29, 1.82) is 0 Å². The second-order valence-electron chi connectivity index (χ2n) is 6.47. The molecule has 0 aliphatic heterocycles. The summed E-state index contributed by atoms with van der Waals surface area (Å²) >= 11 is 6.70. The van der Waals surface area contributed by atoms with Crippen LogP contribution in [0.15, 0.2) is 70.4 Å². The van der Waals surface area contributed by atoms with Gasteiger partial charge in [0.15, 0.2) is 0 Å². The molecule has 0 saturated carbocycles. The second kappa shape index (κ2) is 8.77. The average Bonchev–Trinajstić information content (AvgIpc) is 3.54. The molecule has 4 nitrogen and oxygen atoms in total. The number of nitrogens with zero attached hydrogens (tertiary/aromatic N) is 4. The Morgan fingerprint density at radius 3 is 2.53 bits per heavy atom. The summed E-state index contributed by atoms with van der Waals surface area (Å²) < 4.78 is 0. The number of thiazole rings is 2. The molecule has 0 N–H and O–H groups in total. The molecule has 1 aromatic carbocycles. The first-order valence-corrected chi connectivity index (χ1v) is 12.8. The Bertz CT molecular complexity index is 1240. The number of thiophene rings is 1. The molecular weight excluding hydrogens is 449 g/mol. The molecule has 0 atom stereocenters. The Kier molecular flexibility index (Phi) is 5.72. The Morgan fingerprint density at radius 2 is 1.77 bits per heavy atom. The second-order valence-corrected chi connectivity index (χ2v) is 10.3. The van der Waals surface area contributed by atoms with Gasteiger partial charge in [0.2, 0.25) is 0 Å². The largest absolute Gasteiger partial charge is 0.240 e. The summed E-state index contributed by atoms with van der Waals surface area (Å²) in [5, 5.41) is 16.0. The maximum absolute atomic E-state index is 4.74. The summed E-state index contributed by atoms with van der Waals surface area (Å²) in [6.07, 6.45) is 0. The fraction of sp³-hybridized carbons (Fsp3) is 0.0909. The molecule has 5 aromatic rings. The van der Waals surface area contributed by atoms with Crippen LogP contribution in [0.4, 0.5) is 0 Å². The van der Waals surface area contributed by atoms with Crippen molar-refractivity contribution >= 4 is 45.8 Å². The molecule has 0 aliphatic carbocycles. The van der Waals surface area contributed by atoms with E-state index < -0.39 is 0 Å². The zero-order valence-electron chi connectivity index (χ0n) is 16.0. The lowest BCUT2D eigenvalue weighted by Gasteiger charge is -2.00. The van der Waals surface area contributed by atoms with Gasteiger partial charge in [0, 0.05) is 16.7 Å². The number of benzene rings is 1. The molecule has 4 heterocycles. The van der Waals surface area contributed by atoms with Crippen LogP contribution in [0.2, 0.25) is 0 Å². The molecule has 0 radical (unpaired) electrons. The van der Waals surface area contributed by atoms with Gasteiger partial charge >= 0.3 is 0 Å². The smallest absolute Gasteiger partial charge is 0.134 e. The lowest BCUT2D eigenvalue weighted by atomic mass is 10.2. The van der Waals surface area contributed by atoms with Crippen molar-refractivity contribution in [2.45, 2.75) is 17.7 Å². The maximum atomic E-state index is 4.74. The van der Waals surface area contributed by atoms with E-state index in [-0.39, 0.29) is 0 Å². The molecule has 5 rings (SSSR count). The predicted octanol–water partition coefficient (Wildman–Crippen LogP) is 7.05. The predicted molar refractivity (Wildman–Crippen MR) is 128 cm³/mol. The Balaban J connectivity index is 1.27. The van der Waals surface area contributed by atoms with Crippen molar-refractivity contribution in [2.24, 2.45) is 0 Å². The zero-order valence-corrected chi connectivity index (χ0v) is 19.2. The number of aromatic nitrogens is 4. The average molecular weight is 465 g/mol. The van der Waals surface area contributed by atoms with Crippen LogP contribution in [0.1, 0.15) is 11.4 Å².